The van der Waals surface area contributed by atoms with Crippen LogP contribution in [0.4, 0.5) is 29.3 Å². The van der Waals surface area contributed by atoms with Crippen LogP contribution < -0.4 is 15.5 Å². The van der Waals surface area contributed by atoms with Crippen molar-refractivity contribution in [2.75, 3.05) is 5.32 Å². The van der Waals surface area contributed by atoms with Crippen molar-refractivity contribution < 1.29 is 27.5 Å². The maximum absolute atomic E-state index is 12.4. The summed E-state index contributed by atoms with van der Waals surface area (Å²) in [5, 5.41) is 3.33. The lowest BCUT2D eigenvalue weighted by molar-refractivity contribution is -0.274. The van der Waals surface area contributed by atoms with Crippen LogP contribution in [0.2, 0.25) is 15.1 Å². The van der Waals surface area contributed by atoms with Crippen LogP contribution in [0, 0.1) is 0 Å². The van der Waals surface area contributed by atoms with Crippen LogP contribution in [0.3, 0.4) is 0 Å². The molecule has 0 heterocycles. The Kier molecular flexibility index (Phi) is 7.91. The summed E-state index contributed by atoms with van der Waals surface area (Å²) >= 11 is 18.3. The number of carbonyl (C=O) groups excluding carboxylic acids is 1. The molecule has 0 atom stereocenters. The molecule has 172 valence electrons. The lowest BCUT2D eigenvalue weighted by atomic mass is 10.2. The van der Waals surface area contributed by atoms with Gasteiger partial charge in [0.05, 0.1) is 21.3 Å². The minimum Gasteiger partial charge on any atom is -0.406 e. The van der Waals surface area contributed by atoms with E-state index in [9.17, 15) is 18.0 Å². The summed E-state index contributed by atoms with van der Waals surface area (Å²) in [5.74, 6) is -0.494. The van der Waals surface area contributed by atoms with E-state index in [1.165, 1.54) is 24.3 Å². The van der Waals surface area contributed by atoms with E-state index in [1.807, 2.05) is 0 Å². The Hall–Kier alpha value is -3.14. The van der Waals surface area contributed by atoms with Gasteiger partial charge in [0.2, 0.25) is 0 Å². The maximum Gasteiger partial charge on any atom is 0.573 e. The molecule has 3 rings (SSSR count). The van der Waals surface area contributed by atoms with Crippen LogP contribution in [0.1, 0.15) is 5.56 Å². The van der Waals surface area contributed by atoms with E-state index in [0.717, 1.165) is 12.1 Å². The van der Waals surface area contributed by atoms with E-state index < -0.39 is 18.2 Å². The number of alkyl halides is 3. The molecule has 6 nitrogen and oxygen atoms in total. The Labute approximate surface area is 200 Å². The zero-order valence-electron chi connectivity index (χ0n) is 16.3. The first-order valence-electron chi connectivity index (χ1n) is 8.99. The highest BCUT2D eigenvalue weighted by atomic mass is 35.5. The van der Waals surface area contributed by atoms with Gasteiger partial charge >= 0.3 is 12.5 Å². The van der Waals surface area contributed by atoms with Crippen molar-refractivity contribution in [1.29, 1.82) is 0 Å². The number of rotatable bonds is 4. The summed E-state index contributed by atoms with van der Waals surface area (Å²) < 4.78 is 40.9. The zero-order valence-corrected chi connectivity index (χ0v) is 18.6. The predicted molar refractivity (Wildman–Crippen MR) is 120 cm³/mol. The average molecular weight is 519 g/mol. The van der Waals surface area contributed by atoms with E-state index in [1.54, 1.807) is 30.3 Å². The summed E-state index contributed by atoms with van der Waals surface area (Å²) in [4.78, 5) is 21.4. The number of anilines is 1. The molecule has 0 aliphatic rings. The van der Waals surface area contributed by atoms with Crippen molar-refractivity contribution in [3.63, 3.8) is 0 Å². The molecule has 3 aromatic carbocycles. The summed E-state index contributed by atoms with van der Waals surface area (Å²) in [5.41, 5.74) is 3.20. The maximum atomic E-state index is 12.4. The fourth-order valence-corrected chi connectivity index (χ4v) is 3.18. The summed E-state index contributed by atoms with van der Waals surface area (Å²) in [6.45, 7) is 0. The van der Waals surface area contributed by atoms with Gasteiger partial charge in [-0.1, -0.05) is 40.9 Å². The Morgan fingerprint density at radius 1 is 0.879 bits per heavy atom. The van der Waals surface area contributed by atoms with Crippen LogP contribution >= 0.6 is 34.8 Å². The van der Waals surface area contributed by atoms with E-state index >= 15 is 0 Å². The smallest absolute Gasteiger partial charge is 0.406 e. The summed E-state index contributed by atoms with van der Waals surface area (Å²) in [6.07, 6.45) is -5.71. The molecule has 0 bridgehead atoms. The van der Waals surface area contributed by atoms with Gasteiger partial charge in [-0.3, -0.25) is 5.32 Å². The molecule has 33 heavy (non-hydrogen) atoms. The van der Waals surface area contributed by atoms with Gasteiger partial charge in [0, 0.05) is 10.7 Å². The van der Waals surface area contributed by atoms with Crippen molar-refractivity contribution in [1.82, 2.24) is 5.48 Å². The molecule has 0 aliphatic carbocycles. The molecule has 0 saturated carbocycles. The van der Waals surface area contributed by atoms with Crippen molar-refractivity contribution in [3.05, 3.63) is 87.4 Å². The van der Waals surface area contributed by atoms with Crippen LogP contribution in [-0.4, -0.2) is 18.3 Å². The van der Waals surface area contributed by atoms with Gasteiger partial charge < -0.3 is 9.57 Å². The number of carbonyl (C=O) groups is 1. The van der Waals surface area contributed by atoms with Crippen LogP contribution in [0.15, 0.2) is 71.7 Å². The largest absolute Gasteiger partial charge is 0.573 e. The van der Waals surface area contributed by atoms with Gasteiger partial charge in [-0.25, -0.2) is 9.79 Å². The van der Waals surface area contributed by atoms with Gasteiger partial charge in [-0.2, -0.15) is 5.48 Å². The third-order valence-corrected chi connectivity index (χ3v) is 4.72. The number of ether oxygens (including phenoxy) is 1. The lowest BCUT2D eigenvalue weighted by Gasteiger charge is -2.14. The highest BCUT2D eigenvalue weighted by molar-refractivity contribution is 6.40. The number of nitrogens with one attached hydrogen (secondary N) is 2. The van der Waals surface area contributed by atoms with Gasteiger partial charge in [-0.15, -0.1) is 13.2 Å². The fraction of sp³-hybridized carbons (Fsp3) is 0.0476. The minimum atomic E-state index is -4.83. The number of nitrogens with zero attached hydrogens (tertiary/aromatic N) is 1. The van der Waals surface area contributed by atoms with Crippen LogP contribution in [-0.2, 0) is 4.84 Å². The van der Waals surface area contributed by atoms with Gasteiger partial charge in [-0.05, 0) is 60.7 Å². The fourth-order valence-electron chi connectivity index (χ4n) is 2.48. The van der Waals surface area contributed by atoms with E-state index in [0.29, 0.717) is 10.7 Å². The number of amidine groups is 1. The highest BCUT2D eigenvalue weighted by Crippen LogP contribution is 2.28. The molecular formula is C21H13Cl3F3N3O3. The number of amides is 1. The number of aliphatic imine (C=N–C) groups is 1. The number of hydrogen-bond donors (Lipinski definition) is 2. The molecule has 2 N–H and O–H groups in total. The van der Waals surface area contributed by atoms with E-state index in [2.05, 4.69) is 20.5 Å². The number of hydrogen-bond acceptors (Lipinski definition) is 4. The predicted octanol–water partition coefficient (Wildman–Crippen LogP) is 7.38. The second kappa shape index (κ2) is 10.7. The minimum absolute atomic E-state index is 0.0682. The monoisotopic (exact) mass is 517 g/mol. The van der Waals surface area contributed by atoms with Gasteiger partial charge in [0.15, 0.2) is 5.84 Å². The molecule has 0 radical (unpaired) electrons. The summed E-state index contributed by atoms with van der Waals surface area (Å²) in [6, 6.07) is 15.6. The first-order chi connectivity index (χ1) is 15.6. The molecule has 0 saturated heterocycles. The molecule has 12 heteroatoms. The van der Waals surface area contributed by atoms with Crippen molar-refractivity contribution in [2.45, 2.75) is 6.36 Å². The second-order valence-corrected chi connectivity index (χ2v) is 7.47. The lowest BCUT2D eigenvalue weighted by Crippen LogP contribution is -2.30. The van der Waals surface area contributed by atoms with Crippen molar-refractivity contribution in [3.8, 4) is 5.75 Å². The topological polar surface area (TPSA) is 72.0 Å². The zero-order chi connectivity index (χ0) is 24.0. The molecule has 0 unspecified atom stereocenters. The van der Waals surface area contributed by atoms with Crippen molar-refractivity contribution >= 4 is 58.1 Å². The first kappa shape index (κ1) is 24.5. The SMILES string of the molecule is O=C(Nc1ccc(Cl)cc1)ONC(=Nc1ccc(OC(F)(F)F)cc1)c1c(Cl)cccc1Cl. The standard InChI is InChI=1S/C21H13Cl3F3N3O3/c22-12-4-6-14(7-5-12)29-20(31)33-30-19(18-16(23)2-1-3-17(18)24)28-13-8-10-15(11-9-13)32-21(25,26)27/h1-11H,(H,28,30)(H,29,31). The number of halogens is 6. The van der Waals surface area contributed by atoms with Gasteiger partial charge in [0.25, 0.3) is 0 Å². The van der Waals surface area contributed by atoms with Crippen LogP contribution in [0.5, 0.6) is 5.75 Å². The molecule has 0 spiro atoms. The Balaban J connectivity index is 1.82. The van der Waals surface area contributed by atoms with Crippen molar-refractivity contribution in [2.24, 2.45) is 4.99 Å². The first-order valence-corrected chi connectivity index (χ1v) is 10.1. The van der Waals surface area contributed by atoms with E-state index in [4.69, 9.17) is 39.6 Å². The Bertz CT molecular complexity index is 1140. The second-order valence-electron chi connectivity index (χ2n) is 6.22. The Morgan fingerprint density at radius 2 is 1.48 bits per heavy atom. The quantitative estimate of drug-likeness (QED) is 0.215. The Morgan fingerprint density at radius 3 is 2.06 bits per heavy atom. The molecule has 3 aromatic rings. The number of hydroxylamine groups is 1. The molecule has 0 fully saturated rings. The third-order valence-electron chi connectivity index (χ3n) is 3.84. The molecule has 1 amide bonds. The highest BCUT2D eigenvalue weighted by Gasteiger charge is 2.31. The molecule has 0 aromatic heterocycles. The third kappa shape index (κ3) is 7.45. The molecular weight excluding hydrogens is 506 g/mol. The van der Waals surface area contributed by atoms with E-state index in [-0.39, 0.29) is 27.1 Å². The molecule has 0 aliphatic heterocycles. The average Bonchev–Trinajstić information content (AvgIpc) is 2.73. The van der Waals surface area contributed by atoms with Gasteiger partial charge in [0.1, 0.15) is 5.75 Å². The summed E-state index contributed by atoms with van der Waals surface area (Å²) in [7, 11) is 0. The van der Waals surface area contributed by atoms with Crippen LogP contribution in [0.25, 0.3) is 0 Å². The number of benzene rings is 3. The normalized spacial score (nSPS) is 11.6.